The number of hydrogen-bond acceptors (Lipinski definition) is 1. The van der Waals surface area contributed by atoms with Crippen LogP contribution in [0.4, 0.5) is 0 Å². The van der Waals surface area contributed by atoms with E-state index in [4.69, 9.17) is 4.74 Å². The maximum absolute atomic E-state index is 5.28. The Morgan fingerprint density at radius 2 is 2.15 bits per heavy atom. The molecular weight excluding hydrogens is 228 g/mol. The van der Waals surface area contributed by atoms with Crippen molar-refractivity contribution in [2.75, 3.05) is 12.4 Å². The molecule has 0 spiro atoms. The molecule has 0 saturated heterocycles. The van der Waals surface area contributed by atoms with Crippen LogP contribution < -0.4 is 4.74 Å². The van der Waals surface area contributed by atoms with Crippen LogP contribution in [0.3, 0.4) is 0 Å². The van der Waals surface area contributed by atoms with Crippen LogP contribution >= 0.6 is 15.9 Å². The average Bonchev–Trinajstić information content (AvgIpc) is 2.18. The molecule has 0 fully saturated rings. The molecule has 0 amide bonds. The third kappa shape index (κ3) is 2.73. The van der Waals surface area contributed by atoms with Crippen LogP contribution in [0.1, 0.15) is 18.1 Å². The summed E-state index contributed by atoms with van der Waals surface area (Å²) < 4.78 is 5.28. The summed E-state index contributed by atoms with van der Waals surface area (Å²) in [5, 5.41) is 0.983. The molecule has 72 valence electrons. The van der Waals surface area contributed by atoms with E-state index in [0.717, 1.165) is 23.9 Å². The van der Waals surface area contributed by atoms with Crippen LogP contribution in [0.5, 0.6) is 5.75 Å². The zero-order chi connectivity index (χ0) is 9.68. The molecule has 0 saturated carbocycles. The fourth-order valence-electron chi connectivity index (χ4n) is 1.35. The van der Waals surface area contributed by atoms with E-state index in [1.165, 1.54) is 11.1 Å². The zero-order valence-corrected chi connectivity index (χ0v) is 9.73. The standard InChI is InChI=1S/C11H15BrO/c1-3-9-4-5-11(13-2)10(8-9)6-7-12/h4-5,8H,3,6-7H2,1-2H3. The second kappa shape index (κ2) is 5.28. The highest BCUT2D eigenvalue weighted by Crippen LogP contribution is 2.21. The van der Waals surface area contributed by atoms with Gasteiger partial charge in [0.2, 0.25) is 0 Å². The second-order valence-corrected chi connectivity index (χ2v) is 3.73. The van der Waals surface area contributed by atoms with E-state index >= 15 is 0 Å². The summed E-state index contributed by atoms with van der Waals surface area (Å²) in [6, 6.07) is 6.40. The lowest BCUT2D eigenvalue weighted by molar-refractivity contribution is 0.410. The van der Waals surface area contributed by atoms with Gasteiger partial charge in [0.05, 0.1) is 7.11 Å². The number of hydrogen-bond donors (Lipinski definition) is 0. The molecule has 0 aliphatic rings. The number of alkyl halides is 1. The van der Waals surface area contributed by atoms with Gasteiger partial charge in [0, 0.05) is 5.33 Å². The van der Waals surface area contributed by atoms with Crippen LogP contribution in [0, 0.1) is 0 Å². The molecule has 13 heavy (non-hydrogen) atoms. The highest BCUT2D eigenvalue weighted by Gasteiger charge is 2.02. The highest BCUT2D eigenvalue weighted by atomic mass is 79.9. The molecule has 2 heteroatoms. The van der Waals surface area contributed by atoms with E-state index in [-0.39, 0.29) is 0 Å². The summed E-state index contributed by atoms with van der Waals surface area (Å²) >= 11 is 3.44. The van der Waals surface area contributed by atoms with Gasteiger partial charge in [0.15, 0.2) is 0 Å². The van der Waals surface area contributed by atoms with Gasteiger partial charge in [-0.05, 0) is 30.0 Å². The third-order valence-electron chi connectivity index (χ3n) is 2.12. The van der Waals surface area contributed by atoms with Gasteiger partial charge in [-0.25, -0.2) is 0 Å². The lowest BCUT2D eigenvalue weighted by atomic mass is 10.1. The van der Waals surface area contributed by atoms with Gasteiger partial charge in [0.25, 0.3) is 0 Å². The first-order chi connectivity index (χ1) is 6.31. The maximum atomic E-state index is 5.28. The molecule has 1 rings (SSSR count). The first-order valence-corrected chi connectivity index (χ1v) is 5.65. The van der Waals surface area contributed by atoms with Crippen molar-refractivity contribution in [2.24, 2.45) is 0 Å². The summed E-state index contributed by atoms with van der Waals surface area (Å²) in [7, 11) is 1.72. The first kappa shape index (κ1) is 10.6. The first-order valence-electron chi connectivity index (χ1n) is 4.53. The average molecular weight is 243 g/mol. The van der Waals surface area contributed by atoms with Crippen LogP contribution in [0.25, 0.3) is 0 Å². The summed E-state index contributed by atoms with van der Waals surface area (Å²) in [5.74, 6) is 0.997. The fraction of sp³-hybridized carbons (Fsp3) is 0.455. The van der Waals surface area contributed by atoms with Gasteiger partial charge >= 0.3 is 0 Å². The number of ether oxygens (including phenoxy) is 1. The van der Waals surface area contributed by atoms with Gasteiger partial charge in [-0.3, -0.25) is 0 Å². The highest BCUT2D eigenvalue weighted by molar-refractivity contribution is 9.09. The SMILES string of the molecule is CCc1ccc(OC)c(CCBr)c1. The quantitative estimate of drug-likeness (QED) is 0.738. The molecule has 1 aromatic rings. The molecule has 0 heterocycles. The Labute approximate surface area is 88.2 Å². The molecule has 0 radical (unpaired) electrons. The van der Waals surface area contributed by atoms with Gasteiger partial charge in [-0.15, -0.1) is 0 Å². The van der Waals surface area contributed by atoms with Gasteiger partial charge in [-0.2, -0.15) is 0 Å². The molecule has 0 aliphatic heterocycles. The summed E-state index contributed by atoms with van der Waals surface area (Å²) in [5.41, 5.74) is 2.66. The minimum absolute atomic E-state index is 0.983. The maximum Gasteiger partial charge on any atom is 0.122 e. The Hall–Kier alpha value is -0.500. The smallest absolute Gasteiger partial charge is 0.122 e. The lowest BCUT2D eigenvalue weighted by Crippen LogP contribution is -1.94. The van der Waals surface area contributed by atoms with Crippen molar-refractivity contribution in [1.82, 2.24) is 0 Å². The molecule has 0 aliphatic carbocycles. The molecule has 0 atom stereocenters. The van der Waals surface area contributed by atoms with Gasteiger partial charge in [-0.1, -0.05) is 35.0 Å². The minimum Gasteiger partial charge on any atom is -0.496 e. The predicted octanol–water partition coefficient (Wildman–Crippen LogP) is 3.20. The minimum atomic E-state index is 0.983. The van der Waals surface area contributed by atoms with Crippen molar-refractivity contribution >= 4 is 15.9 Å². The largest absolute Gasteiger partial charge is 0.496 e. The van der Waals surface area contributed by atoms with Crippen LogP contribution in [0.15, 0.2) is 18.2 Å². The molecule has 0 N–H and O–H groups in total. The van der Waals surface area contributed by atoms with Crippen molar-refractivity contribution in [3.05, 3.63) is 29.3 Å². The van der Waals surface area contributed by atoms with E-state index in [2.05, 4.69) is 41.1 Å². The van der Waals surface area contributed by atoms with Gasteiger partial charge < -0.3 is 4.74 Å². The summed E-state index contributed by atoms with van der Waals surface area (Å²) in [6.07, 6.45) is 2.11. The van der Waals surface area contributed by atoms with Gasteiger partial charge in [0.1, 0.15) is 5.75 Å². The summed E-state index contributed by atoms with van der Waals surface area (Å²) in [4.78, 5) is 0. The lowest BCUT2D eigenvalue weighted by Gasteiger charge is -2.08. The number of halogens is 1. The van der Waals surface area contributed by atoms with E-state index in [1.54, 1.807) is 7.11 Å². The van der Waals surface area contributed by atoms with E-state index in [1.807, 2.05) is 0 Å². The van der Waals surface area contributed by atoms with Crippen molar-refractivity contribution in [2.45, 2.75) is 19.8 Å². The molecule has 1 aromatic carbocycles. The van der Waals surface area contributed by atoms with E-state index < -0.39 is 0 Å². The molecule has 0 unspecified atom stereocenters. The Bertz CT molecular complexity index is 271. The predicted molar refractivity (Wildman–Crippen MR) is 59.9 cm³/mol. The third-order valence-corrected chi connectivity index (χ3v) is 2.51. The van der Waals surface area contributed by atoms with Crippen molar-refractivity contribution in [1.29, 1.82) is 0 Å². The normalized spacial score (nSPS) is 10.1. The monoisotopic (exact) mass is 242 g/mol. The second-order valence-electron chi connectivity index (χ2n) is 2.94. The zero-order valence-electron chi connectivity index (χ0n) is 8.14. The topological polar surface area (TPSA) is 9.23 Å². The van der Waals surface area contributed by atoms with E-state index in [0.29, 0.717) is 0 Å². The number of benzene rings is 1. The molecule has 1 nitrogen and oxygen atoms in total. The Morgan fingerprint density at radius 3 is 2.69 bits per heavy atom. The van der Waals surface area contributed by atoms with Crippen LogP contribution in [-0.2, 0) is 12.8 Å². The van der Waals surface area contributed by atoms with Crippen molar-refractivity contribution in [3.63, 3.8) is 0 Å². The number of aryl methyl sites for hydroxylation is 2. The Kier molecular flexibility index (Phi) is 4.29. The van der Waals surface area contributed by atoms with E-state index in [9.17, 15) is 0 Å². The van der Waals surface area contributed by atoms with Crippen LogP contribution in [-0.4, -0.2) is 12.4 Å². The number of methoxy groups -OCH3 is 1. The Morgan fingerprint density at radius 1 is 1.38 bits per heavy atom. The molecule has 0 aromatic heterocycles. The summed E-state index contributed by atoms with van der Waals surface area (Å²) in [6.45, 7) is 2.17. The van der Waals surface area contributed by atoms with Crippen molar-refractivity contribution in [3.8, 4) is 5.75 Å². The fourth-order valence-corrected chi connectivity index (χ4v) is 1.78. The molecular formula is C11H15BrO. The molecule has 0 bridgehead atoms. The number of rotatable bonds is 4. The van der Waals surface area contributed by atoms with Crippen molar-refractivity contribution < 1.29 is 4.74 Å². The van der Waals surface area contributed by atoms with Crippen LogP contribution in [0.2, 0.25) is 0 Å². The Balaban J connectivity index is 2.95.